The number of sulfonamides is 1. The predicted molar refractivity (Wildman–Crippen MR) is 157 cm³/mol. The average Bonchev–Trinajstić information content (AvgIpc) is 3.24. The SMILES string of the molecule is CC(C)(C)[C@H]1CCc2nc3sc(C(=O)NC(CCNC4COC4)c4cccc(NS(C)(=O)=O)c4)cc3cc2C1. The maximum Gasteiger partial charge on any atom is 0.261 e. The summed E-state index contributed by atoms with van der Waals surface area (Å²) in [6, 6.07) is 11.4. The highest BCUT2D eigenvalue weighted by molar-refractivity contribution is 7.92. The van der Waals surface area contributed by atoms with E-state index in [0.717, 1.165) is 47.0 Å². The van der Waals surface area contributed by atoms with Crippen LogP contribution in [0.5, 0.6) is 0 Å². The summed E-state index contributed by atoms with van der Waals surface area (Å²) in [6.07, 6.45) is 4.92. The summed E-state index contributed by atoms with van der Waals surface area (Å²) in [4.78, 5) is 20.0. The van der Waals surface area contributed by atoms with Gasteiger partial charge in [-0.25, -0.2) is 13.4 Å². The van der Waals surface area contributed by atoms with Gasteiger partial charge in [0.25, 0.3) is 5.91 Å². The molecule has 3 aromatic rings. The number of amides is 1. The first kappa shape index (κ1) is 28.0. The molecule has 1 unspecified atom stereocenters. The Labute approximate surface area is 235 Å². The summed E-state index contributed by atoms with van der Waals surface area (Å²) in [6.45, 7) is 9.00. The van der Waals surface area contributed by atoms with Gasteiger partial charge in [0.05, 0.1) is 36.4 Å². The van der Waals surface area contributed by atoms with E-state index < -0.39 is 10.0 Å². The molecule has 5 rings (SSSR count). The zero-order chi connectivity index (χ0) is 27.8. The molecule has 1 aliphatic carbocycles. The highest BCUT2D eigenvalue weighted by atomic mass is 32.2. The van der Waals surface area contributed by atoms with Gasteiger partial charge in [-0.05, 0) is 79.0 Å². The number of nitrogens with zero attached hydrogens (tertiary/aromatic N) is 1. The first-order chi connectivity index (χ1) is 18.4. The zero-order valence-electron chi connectivity index (χ0n) is 23.0. The number of aryl methyl sites for hydroxylation is 1. The van der Waals surface area contributed by atoms with Gasteiger partial charge in [-0.2, -0.15) is 0 Å². The van der Waals surface area contributed by atoms with Crippen LogP contribution in [0.25, 0.3) is 10.2 Å². The molecule has 1 fully saturated rings. The lowest BCUT2D eigenvalue weighted by Crippen LogP contribution is -2.46. The van der Waals surface area contributed by atoms with E-state index in [4.69, 9.17) is 9.72 Å². The van der Waals surface area contributed by atoms with Crippen LogP contribution < -0.4 is 15.4 Å². The van der Waals surface area contributed by atoms with E-state index in [0.29, 0.717) is 48.7 Å². The normalized spacial score (nSPS) is 18.8. The topological polar surface area (TPSA) is 109 Å². The molecule has 1 saturated heterocycles. The summed E-state index contributed by atoms with van der Waals surface area (Å²) < 4.78 is 31.3. The van der Waals surface area contributed by atoms with Gasteiger partial charge < -0.3 is 15.4 Å². The third kappa shape index (κ3) is 6.98. The van der Waals surface area contributed by atoms with Crippen molar-refractivity contribution in [3.8, 4) is 0 Å². The smallest absolute Gasteiger partial charge is 0.261 e. The molecule has 3 N–H and O–H groups in total. The van der Waals surface area contributed by atoms with Gasteiger partial charge in [-0.3, -0.25) is 9.52 Å². The van der Waals surface area contributed by atoms with Crippen LogP contribution in [0.3, 0.4) is 0 Å². The van der Waals surface area contributed by atoms with Crippen molar-refractivity contribution < 1.29 is 17.9 Å². The fourth-order valence-corrected chi connectivity index (χ4v) is 6.84. The Morgan fingerprint density at radius 3 is 2.69 bits per heavy atom. The Bertz CT molecular complexity index is 1460. The lowest BCUT2D eigenvalue weighted by molar-refractivity contribution is -0.00517. The zero-order valence-corrected chi connectivity index (χ0v) is 24.7. The molecule has 1 amide bonds. The Morgan fingerprint density at radius 2 is 2.00 bits per heavy atom. The maximum absolute atomic E-state index is 13.5. The van der Waals surface area contributed by atoms with E-state index in [1.165, 1.54) is 16.9 Å². The van der Waals surface area contributed by atoms with Gasteiger partial charge in [-0.15, -0.1) is 11.3 Å². The molecule has 0 radical (unpaired) electrons. The van der Waals surface area contributed by atoms with Crippen molar-refractivity contribution in [1.82, 2.24) is 15.6 Å². The van der Waals surface area contributed by atoms with Crippen molar-refractivity contribution in [2.24, 2.45) is 11.3 Å². The van der Waals surface area contributed by atoms with E-state index in [9.17, 15) is 13.2 Å². The molecule has 39 heavy (non-hydrogen) atoms. The van der Waals surface area contributed by atoms with Gasteiger partial charge in [0.2, 0.25) is 10.0 Å². The molecular formula is C29H38N4O4S2. The van der Waals surface area contributed by atoms with Crippen LogP contribution in [-0.4, -0.2) is 51.4 Å². The predicted octanol–water partition coefficient (Wildman–Crippen LogP) is 4.67. The third-order valence-corrected chi connectivity index (χ3v) is 9.37. The molecule has 2 aliphatic rings. The van der Waals surface area contributed by atoms with Crippen molar-refractivity contribution in [2.45, 2.75) is 58.5 Å². The highest BCUT2D eigenvalue weighted by Crippen LogP contribution is 2.38. The van der Waals surface area contributed by atoms with Crippen LogP contribution in [-0.2, 0) is 27.6 Å². The molecule has 8 nitrogen and oxygen atoms in total. The number of anilines is 1. The molecule has 3 heterocycles. The minimum Gasteiger partial charge on any atom is -0.378 e. The Kier molecular flexibility index (Phi) is 8.01. The van der Waals surface area contributed by atoms with Crippen molar-refractivity contribution in [3.63, 3.8) is 0 Å². The number of hydrogen-bond donors (Lipinski definition) is 3. The Morgan fingerprint density at radius 1 is 1.21 bits per heavy atom. The summed E-state index contributed by atoms with van der Waals surface area (Å²) in [5.41, 5.74) is 4.04. The van der Waals surface area contributed by atoms with Crippen molar-refractivity contribution in [3.05, 3.63) is 58.1 Å². The van der Waals surface area contributed by atoms with E-state index >= 15 is 0 Å². The first-order valence-corrected chi connectivity index (χ1v) is 16.3. The Balaban J connectivity index is 1.35. The lowest BCUT2D eigenvalue weighted by Gasteiger charge is -2.34. The first-order valence-electron chi connectivity index (χ1n) is 13.6. The van der Waals surface area contributed by atoms with Crippen molar-refractivity contribution in [2.75, 3.05) is 30.7 Å². The fourth-order valence-electron chi connectivity index (χ4n) is 5.34. The highest BCUT2D eigenvalue weighted by Gasteiger charge is 2.30. The van der Waals surface area contributed by atoms with Gasteiger partial charge in [0.15, 0.2) is 0 Å². The standard InChI is InChI=1S/C29H38N4O4S2/c1-29(2,3)21-8-9-24-19(13-21)12-20-15-26(38-28(20)32-24)27(34)31-25(10-11-30-23-16-37-17-23)18-6-5-7-22(14-18)33-39(4,35)36/h5-7,12,14-15,21,23,25,30,33H,8-11,13,16-17H2,1-4H3,(H,31,34)/t21-,25?/m0/s1. The van der Waals surface area contributed by atoms with Gasteiger partial charge in [0, 0.05) is 16.8 Å². The largest absolute Gasteiger partial charge is 0.378 e. The van der Waals surface area contributed by atoms with E-state index in [1.54, 1.807) is 18.2 Å². The number of aromatic nitrogens is 1. The van der Waals surface area contributed by atoms with E-state index in [1.807, 2.05) is 12.1 Å². The molecule has 10 heteroatoms. The van der Waals surface area contributed by atoms with Gasteiger partial charge in [0.1, 0.15) is 4.83 Å². The second kappa shape index (κ2) is 11.2. The average molecular weight is 571 g/mol. The summed E-state index contributed by atoms with van der Waals surface area (Å²) in [7, 11) is -3.41. The molecule has 0 bridgehead atoms. The number of carbonyl (C=O) groups excluding carboxylic acids is 1. The minimum absolute atomic E-state index is 0.151. The van der Waals surface area contributed by atoms with Crippen molar-refractivity contribution in [1.29, 1.82) is 0 Å². The van der Waals surface area contributed by atoms with E-state index in [-0.39, 0.29) is 17.4 Å². The number of rotatable bonds is 9. The third-order valence-electron chi connectivity index (χ3n) is 7.72. The summed E-state index contributed by atoms with van der Waals surface area (Å²) in [5, 5.41) is 7.67. The quantitative estimate of drug-likeness (QED) is 0.345. The maximum atomic E-state index is 13.5. The second-order valence-corrected chi connectivity index (χ2v) is 14.7. The monoisotopic (exact) mass is 570 g/mol. The fraction of sp³-hybridized carbons (Fsp3) is 0.517. The molecule has 2 atom stereocenters. The van der Waals surface area contributed by atoms with Crippen LogP contribution >= 0.6 is 11.3 Å². The molecule has 210 valence electrons. The number of carbonyl (C=O) groups is 1. The number of ether oxygens (including phenoxy) is 1. The molecule has 2 aromatic heterocycles. The van der Waals surface area contributed by atoms with E-state index in [2.05, 4.69) is 42.2 Å². The second-order valence-electron chi connectivity index (χ2n) is 11.9. The molecule has 0 saturated carbocycles. The number of hydrogen-bond acceptors (Lipinski definition) is 7. The molecular weight excluding hydrogens is 532 g/mol. The van der Waals surface area contributed by atoms with Crippen LogP contribution in [0.4, 0.5) is 5.69 Å². The van der Waals surface area contributed by atoms with Crippen LogP contribution in [0, 0.1) is 11.3 Å². The Hall–Kier alpha value is -2.53. The molecule has 1 aromatic carbocycles. The number of benzene rings is 1. The number of fused-ring (bicyclic) bond motifs is 2. The van der Waals surface area contributed by atoms with Crippen LogP contribution in [0.1, 0.15) is 66.1 Å². The number of pyridine rings is 1. The van der Waals surface area contributed by atoms with Crippen molar-refractivity contribution >= 4 is 43.2 Å². The minimum atomic E-state index is -3.41. The summed E-state index contributed by atoms with van der Waals surface area (Å²) >= 11 is 1.43. The van der Waals surface area contributed by atoms with Crippen LogP contribution in [0.15, 0.2) is 36.4 Å². The van der Waals surface area contributed by atoms with Gasteiger partial charge in [-0.1, -0.05) is 32.9 Å². The molecule has 0 spiro atoms. The number of nitrogens with one attached hydrogen (secondary N) is 3. The summed E-state index contributed by atoms with van der Waals surface area (Å²) in [5.74, 6) is 0.474. The van der Waals surface area contributed by atoms with Crippen LogP contribution in [0.2, 0.25) is 0 Å². The molecule has 1 aliphatic heterocycles. The van der Waals surface area contributed by atoms with Gasteiger partial charge >= 0.3 is 0 Å². The lowest BCUT2D eigenvalue weighted by atomic mass is 9.71. The number of thiophene rings is 1.